The van der Waals surface area contributed by atoms with E-state index in [2.05, 4.69) is 15.0 Å². The predicted octanol–water partition coefficient (Wildman–Crippen LogP) is 3.87. The summed E-state index contributed by atoms with van der Waals surface area (Å²) in [5, 5.41) is 0.381. The van der Waals surface area contributed by atoms with Gasteiger partial charge in [0, 0.05) is 0 Å². The van der Waals surface area contributed by atoms with Crippen LogP contribution in [0.15, 0.2) is 30.6 Å². The molecule has 0 atom stereocenters. The van der Waals surface area contributed by atoms with Crippen molar-refractivity contribution in [1.82, 2.24) is 19.5 Å². The van der Waals surface area contributed by atoms with Gasteiger partial charge in [0.25, 0.3) is 0 Å². The van der Waals surface area contributed by atoms with Gasteiger partial charge in [-0.1, -0.05) is 37.6 Å². The molecule has 2 aromatic heterocycles. The first kappa shape index (κ1) is 16.2. The van der Waals surface area contributed by atoms with Crippen molar-refractivity contribution in [2.45, 2.75) is 27.3 Å². The van der Waals surface area contributed by atoms with E-state index < -0.39 is 0 Å². The fourth-order valence-corrected chi connectivity index (χ4v) is 2.29. The molecule has 3 aromatic rings. The Labute approximate surface area is 134 Å². The molecule has 0 amide bonds. The van der Waals surface area contributed by atoms with Crippen LogP contribution in [0, 0.1) is 6.92 Å². The summed E-state index contributed by atoms with van der Waals surface area (Å²) in [4.78, 5) is 12.7. The highest BCUT2D eigenvalue weighted by Crippen LogP contribution is 2.21. The van der Waals surface area contributed by atoms with Crippen LogP contribution in [0.2, 0.25) is 5.15 Å². The van der Waals surface area contributed by atoms with Crippen molar-refractivity contribution in [3.8, 4) is 5.75 Å². The highest BCUT2D eigenvalue weighted by Gasteiger charge is 2.12. The monoisotopic (exact) mass is 318 g/mol. The van der Waals surface area contributed by atoms with Crippen LogP contribution >= 0.6 is 11.6 Å². The van der Waals surface area contributed by atoms with E-state index in [4.69, 9.17) is 16.3 Å². The largest absolute Gasteiger partial charge is 0.497 e. The molecule has 0 bridgehead atoms. The SMILES string of the molecule is CC.COc1ccc(Cn2c(C)nc3c(Cl)ncnc32)cc1. The standard InChI is InChI=1S/C14H13ClN4O.C2H6/c1-9-18-12-13(15)16-8-17-14(12)19(9)7-10-3-5-11(20-2)6-4-10;1-2/h3-6,8H,7H2,1-2H3;1-2H3. The minimum atomic E-state index is 0.381. The van der Waals surface area contributed by atoms with Crippen molar-refractivity contribution in [3.05, 3.63) is 47.1 Å². The van der Waals surface area contributed by atoms with Crippen molar-refractivity contribution in [3.63, 3.8) is 0 Å². The van der Waals surface area contributed by atoms with E-state index in [-0.39, 0.29) is 0 Å². The third-order valence-corrected chi connectivity index (χ3v) is 3.45. The number of imidazole rings is 1. The summed E-state index contributed by atoms with van der Waals surface area (Å²) < 4.78 is 7.18. The van der Waals surface area contributed by atoms with Crippen LogP contribution in [0.3, 0.4) is 0 Å². The molecule has 1 aromatic carbocycles. The molecule has 2 heterocycles. The number of nitrogens with zero attached hydrogens (tertiary/aromatic N) is 4. The molecule has 0 aliphatic rings. The number of aromatic nitrogens is 4. The van der Waals surface area contributed by atoms with Gasteiger partial charge in [0.15, 0.2) is 10.8 Å². The summed E-state index contributed by atoms with van der Waals surface area (Å²) >= 11 is 6.04. The molecule has 0 fully saturated rings. The Bertz CT molecular complexity index is 753. The maximum absolute atomic E-state index is 6.04. The molecule has 0 saturated heterocycles. The predicted molar refractivity (Wildman–Crippen MR) is 88.5 cm³/mol. The zero-order chi connectivity index (χ0) is 16.1. The van der Waals surface area contributed by atoms with Crippen LogP contribution in [0.1, 0.15) is 25.2 Å². The summed E-state index contributed by atoms with van der Waals surface area (Å²) in [5.41, 5.74) is 2.53. The lowest BCUT2D eigenvalue weighted by molar-refractivity contribution is 0.414. The summed E-state index contributed by atoms with van der Waals surface area (Å²) in [7, 11) is 1.65. The number of rotatable bonds is 3. The van der Waals surface area contributed by atoms with E-state index in [9.17, 15) is 0 Å². The van der Waals surface area contributed by atoms with Crippen molar-refractivity contribution >= 4 is 22.8 Å². The van der Waals surface area contributed by atoms with Gasteiger partial charge in [-0.05, 0) is 24.6 Å². The number of ether oxygens (including phenoxy) is 1. The summed E-state index contributed by atoms with van der Waals surface area (Å²) in [6, 6.07) is 7.91. The number of aryl methyl sites for hydroxylation is 1. The highest BCUT2D eigenvalue weighted by atomic mass is 35.5. The second-order valence-electron chi connectivity index (χ2n) is 4.43. The molecule has 0 aliphatic carbocycles. The van der Waals surface area contributed by atoms with E-state index in [0.717, 1.165) is 22.8 Å². The van der Waals surface area contributed by atoms with E-state index in [1.165, 1.54) is 6.33 Å². The Morgan fingerprint density at radius 3 is 2.45 bits per heavy atom. The maximum atomic E-state index is 6.04. The average Bonchev–Trinajstić information content (AvgIpc) is 2.88. The molecule has 0 aliphatic heterocycles. The lowest BCUT2D eigenvalue weighted by Crippen LogP contribution is -2.03. The van der Waals surface area contributed by atoms with Gasteiger partial charge in [-0.2, -0.15) is 0 Å². The van der Waals surface area contributed by atoms with Crippen LogP contribution in [0.4, 0.5) is 0 Å². The number of hydrogen-bond acceptors (Lipinski definition) is 4. The smallest absolute Gasteiger partial charge is 0.165 e. The third kappa shape index (κ3) is 3.20. The van der Waals surface area contributed by atoms with Crippen molar-refractivity contribution in [2.75, 3.05) is 7.11 Å². The van der Waals surface area contributed by atoms with Gasteiger partial charge in [-0.15, -0.1) is 0 Å². The average molecular weight is 319 g/mol. The number of hydrogen-bond donors (Lipinski definition) is 0. The van der Waals surface area contributed by atoms with Crippen molar-refractivity contribution < 1.29 is 4.74 Å². The van der Waals surface area contributed by atoms with E-state index >= 15 is 0 Å². The van der Waals surface area contributed by atoms with Crippen LogP contribution < -0.4 is 4.74 Å². The number of benzene rings is 1. The molecule has 0 saturated carbocycles. The molecular weight excluding hydrogens is 300 g/mol. The second-order valence-corrected chi connectivity index (χ2v) is 4.79. The molecule has 0 N–H and O–H groups in total. The Kier molecular flexibility index (Phi) is 5.33. The maximum Gasteiger partial charge on any atom is 0.165 e. The first-order chi connectivity index (χ1) is 10.7. The van der Waals surface area contributed by atoms with Crippen LogP contribution in [0.25, 0.3) is 11.2 Å². The summed E-state index contributed by atoms with van der Waals surface area (Å²) in [6.45, 7) is 6.61. The fraction of sp³-hybridized carbons (Fsp3) is 0.312. The van der Waals surface area contributed by atoms with Crippen LogP contribution in [-0.4, -0.2) is 26.6 Å². The Hall–Kier alpha value is -2.14. The molecule has 0 spiro atoms. The zero-order valence-electron chi connectivity index (χ0n) is 13.2. The number of methoxy groups -OCH3 is 1. The Morgan fingerprint density at radius 2 is 1.82 bits per heavy atom. The lowest BCUT2D eigenvalue weighted by Gasteiger charge is -2.07. The highest BCUT2D eigenvalue weighted by molar-refractivity contribution is 6.33. The third-order valence-electron chi connectivity index (χ3n) is 3.18. The normalized spacial score (nSPS) is 10.2. The van der Waals surface area contributed by atoms with E-state index in [1.807, 2.05) is 49.6 Å². The van der Waals surface area contributed by atoms with Crippen LogP contribution in [0.5, 0.6) is 5.75 Å². The molecule has 6 heteroatoms. The van der Waals surface area contributed by atoms with Gasteiger partial charge in [0.2, 0.25) is 0 Å². The van der Waals surface area contributed by atoms with Gasteiger partial charge >= 0.3 is 0 Å². The van der Waals surface area contributed by atoms with Gasteiger partial charge < -0.3 is 9.30 Å². The molecule has 5 nitrogen and oxygen atoms in total. The summed E-state index contributed by atoms with van der Waals surface area (Å²) in [5.74, 6) is 1.70. The minimum Gasteiger partial charge on any atom is -0.497 e. The Balaban J connectivity index is 0.000000847. The molecule has 3 rings (SSSR count). The van der Waals surface area contributed by atoms with Crippen LogP contribution in [-0.2, 0) is 6.54 Å². The van der Waals surface area contributed by atoms with E-state index in [1.54, 1.807) is 7.11 Å². The van der Waals surface area contributed by atoms with Gasteiger partial charge in [-0.3, -0.25) is 0 Å². The minimum absolute atomic E-state index is 0.381. The fourth-order valence-electron chi connectivity index (χ4n) is 2.12. The Morgan fingerprint density at radius 1 is 1.14 bits per heavy atom. The van der Waals surface area contributed by atoms with E-state index in [0.29, 0.717) is 17.2 Å². The molecule has 0 unspecified atom stereocenters. The van der Waals surface area contributed by atoms with Crippen molar-refractivity contribution in [2.24, 2.45) is 0 Å². The molecular formula is C16H19ClN4O. The lowest BCUT2D eigenvalue weighted by atomic mass is 10.2. The first-order valence-corrected chi connectivity index (χ1v) is 7.53. The van der Waals surface area contributed by atoms with Gasteiger partial charge in [0.05, 0.1) is 13.7 Å². The quantitative estimate of drug-likeness (QED) is 0.688. The zero-order valence-corrected chi connectivity index (χ0v) is 13.9. The molecule has 116 valence electrons. The first-order valence-electron chi connectivity index (χ1n) is 7.15. The van der Waals surface area contributed by atoms with Gasteiger partial charge in [-0.25, -0.2) is 15.0 Å². The summed E-state index contributed by atoms with van der Waals surface area (Å²) in [6.07, 6.45) is 1.45. The second kappa shape index (κ2) is 7.22. The molecule has 22 heavy (non-hydrogen) atoms. The number of halogens is 1. The molecule has 0 radical (unpaired) electrons. The topological polar surface area (TPSA) is 52.8 Å². The number of fused-ring (bicyclic) bond motifs is 1. The van der Waals surface area contributed by atoms with Gasteiger partial charge in [0.1, 0.15) is 23.4 Å². The van der Waals surface area contributed by atoms with Crippen molar-refractivity contribution in [1.29, 1.82) is 0 Å².